The number of benzene rings is 1. The molecule has 1 amide bonds. The van der Waals surface area contributed by atoms with Gasteiger partial charge >= 0.3 is 0 Å². The van der Waals surface area contributed by atoms with Gasteiger partial charge in [-0.1, -0.05) is 44.5 Å². The molecule has 0 saturated heterocycles. The van der Waals surface area contributed by atoms with Crippen LogP contribution in [-0.4, -0.2) is 10.9 Å². The number of anilines is 1. The molecule has 0 aliphatic rings. The number of amides is 1. The van der Waals surface area contributed by atoms with Crippen LogP contribution in [0.2, 0.25) is 5.15 Å². The lowest BCUT2D eigenvalue weighted by atomic mass is 9.87. The van der Waals surface area contributed by atoms with Crippen molar-refractivity contribution in [2.75, 3.05) is 5.32 Å². The van der Waals surface area contributed by atoms with E-state index in [1.165, 1.54) is 5.56 Å². The van der Waals surface area contributed by atoms with Crippen LogP contribution in [-0.2, 0) is 5.41 Å². The Hall–Kier alpha value is -1.87. The fourth-order valence-corrected chi connectivity index (χ4v) is 1.98. The van der Waals surface area contributed by atoms with Gasteiger partial charge in [0.2, 0.25) is 0 Å². The Morgan fingerprint density at radius 3 is 2.35 bits per heavy atom. The highest BCUT2D eigenvalue weighted by molar-refractivity contribution is 6.29. The third-order valence-electron chi connectivity index (χ3n) is 3.00. The summed E-state index contributed by atoms with van der Waals surface area (Å²) in [6.45, 7) is 6.42. The summed E-state index contributed by atoms with van der Waals surface area (Å²) < 4.78 is 0. The quantitative estimate of drug-likeness (QED) is 0.838. The average molecular weight is 289 g/mol. The van der Waals surface area contributed by atoms with Crippen LogP contribution in [0.4, 0.5) is 5.69 Å². The zero-order valence-electron chi connectivity index (χ0n) is 11.8. The number of pyridine rings is 1. The van der Waals surface area contributed by atoms with E-state index in [0.717, 1.165) is 0 Å². The average Bonchev–Trinajstić information content (AvgIpc) is 2.38. The smallest absolute Gasteiger partial charge is 0.255 e. The molecule has 4 heteroatoms. The Balaban J connectivity index is 2.14. The van der Waals surface area contributed by atoms with E-state index in [1.54, 1.807) is 18.3 Å². The predicted molar refractivity (Wildman–Crippen MR) is 82.3 cm³/mol. The number of nitrogens with zero attached hydrogens (tertiary/aromatic N) is 1. The number of carbonyl (C=O) groups excluding carboxylic acids is 1. The first kappa shape index (κ1) is 14.5. The van der Waals surface area contributed by atoms with Crippen LogP contribution in [0.1, 0.15) is 36.7 Å². The summed E-state index contributed by atoms with van der Waals surface area (Å²) in [6.07, 6.45) is 1.56. The molecule has 1 aromatic heterocycles. The van der Waals surface area contributed by atoms with Crippen molar-refractivity contribution in [1.29, 1.82) is 0 Å². The second-order valence-corrected chi connectivity index (χ2v) is 6.04. The van der Waals surface area contributed by atoms with Gasteiger partial charge in [-0.2, -0.15) is 0 Å². The Labute approximate surface area is 124 Å². The molecule has 0 bridgehead atoms. The maximum atomic E-state index is 12.1. The molecule has 1 heterocycles. The van der Waals surface area contributed by atoms with Crippen molar-refractivity contribution in [1.82, 2.24) is 4.98 Å². The van der Waals surface area contributed by atoms with Gasteiger partial charge in [-0.05, 0) is 35.2 Å². The summed E-state index contributed by atoms with van der Waals surface area (Å²) in [5, 5.41) is 3.15. The number of hydrogen-bond donors (Lipinski definition) is 1. The topological polar surface area (TPSA) is 42.0 Å². The van der Waals surface area contributed by atoms with Crippen LogP contribution in [0.25, 0.3) is 0 Å². The van der Waals surface area contributed by atoms with Crippen molar-refractivity contribution >= 4 is 23.2 Å². The highest BCUT2D eigenvalue weighted by Gasteiger charge is 2.14. The number of halogens is 1. The lowest BCUT2D eigenvalue weighted by Gasteiger charge is -2.19. The van der Waals surface area contributed by atoms with Gasteiger partial charge in [0.15, 0.2) is 0 Å². The molecule has 1 aromatic carbocycles. The Morgan fingerprint density at radius 1 is 1.15 bits per heavy atom. The number of rotatable bonds is 2. The largest absolute Gasteiger partial charge is 0.322 e. The summed E-state index contributed by atoms with van der Waals surface area (Å²) >= 11 is 5.78. The molecule has 0 saturated carbocycles. The minimum Gasteiger partial charge on any atom is -0.322 e. The fourth-order valence-electron chi connectivity index (χ4n) is 1.81. The van der Waals surface area contributed by atoms with E-state index in [9.17, 15) is 4.79 Å². The maximum absolute atomic E-state index is 12.1. The summed E-state index contributed by atoms with van der Waals surface area (Å²) in [5.74, 6) is -0.160. The first-order chi connectivity index (χ1) is 9.36. The molecule has 0 spiro atoms. The Morgan fingerprint density at radius 2 is 1.80 bits per heavy atom. The molecule has 2 aromatic rings. The van der Waals surface area contributed by atoms with Crippen molar-refractivity contribution in [3.63, 3.8) is 0 Å². The van der Waals surface area contributed by atoms with Crippen molar-refractivity contribution in [2.45, 2.75) is 26.2 Å². The normalized spacial score (nSPS) is 11.2. The van der Waals surface area contributed by atoms with Crippen molar-refractivity contribution in [2.24, 2.45) is 0 Å². The molecule has 1 N–H and O–H groups in total. The maximum Gasteiger partial charge on any atom is 0.255 e. The second kappa shape index (κ2) is 5.63. The molecular formula is C16H17ClN2O. The Kier molecular flexibility index (Phi) is 4.09. The monoisotopic (exact) mass is 288 g/mol. The Bertz CT molecular complexity index is 615. The molecule has 2 rings (SSSR count). The SMILES string of the molecule is CC(C)(C)c1ccc(C(=O)Nc2ccnc(Cl)c2)cc1. The lowest BCUT2D eigenvalue weighted by Crippen LogP contribution is -2.14. The third kappa shape index (κ3) is 3.58. The second-order valence-electron chi connectivity index (χ2n) is 5.65. The standard InChI is InChI=1S/C16H17ClN2O/c1-16(2,3)12-6-4-11(5-7-12)15(20)19-13-8-9-18-14(17)10-13/h4-10H,1-3H3,(H,18,19,20). The van der Waals surface area contributed by atoms with Crippen LogP contribution in [0, 0.1) is 0 Å². The number of nitrogens with one attached hydrogen (secondary N) is 1. The molecule has 0 radical (unpaired) electrons. The summed E-state index contributed by atoms with van der Waals surface area (Å²) in [6, 6.07) is 10.9. The van der Waals surface area contributed by atoms with Gasteiger partial charge < -0.3 is 5.32 Å². The van der Waals surface area contributed by atoms with Crippen LogP contribution >= 0.6 is 11.6 Å². The van der Waals surface area contributed by atoms with Gasteiger partial charge in [0.05, 0.1) is 0 Å². The fraction of sp³-hybridized carbons (Fsp3) is 0.250. The summed E-state index contributed by atoms with van der Waals surface area (Å²) in [7, 11) is 0. The first-order valence-corrected chi connectivity index (χ1v) is 6.77. The number of aromatic nitrogens is 1. The van der Waals surface area contributed by atoms with E-state index in [4.69, 9.17) is 11.6 Å². The van der Waals surface area contributed by atoms with E-state index in [1.807, 2.05) is 24.3 Å². The van der Waals surface area contributed by atoms with Gasteiger partial charge in [-0.3, -0.25) is 4.79 Å². The molecule has 104 valence electrons. The van der Waals surface area contributed by atoms with Gasteiger partial charge in [-0.15, -0.1) is 0 Å². The van der Waals surface area contributed by atoms with E-state index in [0.29, 0.717) is 16.4 Å². The molecule has 0 atom stereocenters. The first-order valence-electron chi connectivity index (χ1n) is 6.40. The molecule has 0 fully saturated rings. The molecule has 0 unspecified atom stereocenters. The zero-order chi connectivity index (χ0) is 14.8. The van der Waals surface area contributed by atoms with E-state index >= 15 is 0 Å². The van der Waals surface area contributed by atoms with Crippen LogP contribution in [0.3, 0.4) is 0 Å². The van der Waals surface area contributed by atoms with E-state index in [-0.39, 0.29) is 11.3 Å². The molecule has 3 nitrogen and oxygen atoms in total. The zero-order valence-corrected chi connectivity index (χ0v) is 12.5. The summed E-state index contributed by atoms with van der Waals surface area (Å²) in [5.41, 5.74) is 2.52. The number of carbonyl (C=O) groups is 1. The van der Waals surface area contributed by atoms with Crippen LogP contribution < -0.4 is 5.32 Å². The molecule has 0 aliphatic heterocycles. The highest BCUT2D eigenvalue weighted by atomic mass is 35.5. The summed E-state index contributed by atoms with van der Waals surface area (Å²) in [4.78, 5) is 16.0. The van der Waals surface area contributed by atoms with Crippen LogP contribution in [0.5, 0.6) is 0 Å². The molecular weight excluding hydrogens is 272 g/mol. The molecule has 0 aliphatic carbocycles. The predicted octanol–water partition coefficient (Wildman–Crippen LogP) is 4.28. The van der Waals surface area contributed by atoms with Crippen molar-refractivity contribution in [3.05, 3.63) is 58.9 Å². The van der Waals surface area contributed by atoms with Gasteiger partial charge in [0, 0.05) is 17.4 Å². The molecule has 20 heavy (non-hydrogen) atoms. The third-order valence-corrected chi connectivity index (χ3v) is 3.20. The van der Waals surface area contributed by atoms with Crippen molar-refractivity contribution in [3.8, 4) is 0 Å². The van der Waals surface area contributed by atoms with Gasteiger partial charge in [-0.25, -0.2) is 4.98 Å². The van der Waals surface area contributed by atoms with Crippen LogP contribution in [0.15, 0.2) is 42.6 Å². The van der Waals surface area contributed by atoms with Crippen molar-refractivity contribution < 1.29 is 4.79 Å². The lowest BCUT2D eigenvalue weighted by molar-refractivity contribution is 0.102. The van der Waals surface area contributed by atoms with Gasteiger partial charge in [0.25, 0.3) is 5.91 Å². The number of hydrogen-bond acceptors (Lipinski definition) is 2. The minimum absolute atomic E-state index is 0.0770. The van der Waals surface area contributed by atoms with E-state index < -0.39 is 0 Å². The van der Waals surface area contributed by atoms with E-state index in [2.05, 4.69) is 31.1 Å². The highest BCUT2D eigenvalue weighted by Crippen LogP contribution is 2.22. The van der Waals surface area contributed by atoms with Gasteiger partial charge in [0.1, 0.15) is 5.15 Å². The minimum atomic E-state index is -0.160.